The first-order valence-corrected chi connectivity index (χ1v) is 6.65. The Hall–Kier alpha value is -0.900. The third-order valence-electron chi connectivity index (χ3n) is 3.33. The van der Waals surface area contributed by atoms with Crippen LogP contribution in [-0.2, 0) is 4.79 Å². The van der Waals surface area contributed by atoms with Gasteiger partial charge in [0.2, 0.25) is 0 Å². The monoisotopic (exact) mass is 239 g/mol. The van der Waals surface area contributed by atoms with Gasteiger partial charge in [-0.25, -0.2) is 4.98 Å². The predicted octanol–water partition coefficient (Wildman–Crippen LogP) is 3.30. The molecule has 0 radical (unpaired) electrons. The number of aliphatic carboxylic acids is 1. The zero-order chi connectivity index (χ0) is 11.7. The maximum atomic E-state index is 11.1. The highest BCUT2D eigenvalue weighted by molar-refractivity contribution is 7.12. The summed E-state index contributed by atoms with van der Waals surface area (Å²) in [6.07, 6.45) is 4.36. The zero-order valence-corrected chi connectivity index (χ0v) is 10.5. The summed E-state index contributed by atoms with van der Waals surface area (Å²) in [5.41, 5.74) is 0.918. The van der Waals surface area contributed by atoms with Crippen molar-refractivity contribution < 1.29 is 9.90 Å². The molecule has 2 rings (SSSR count). The van der Waals surface area contributed by atoms with E-state index >= 15 is 0 Å². The quantitative estimate of drug-likeness (QED) is 0.877. The van der Waals surface area contributed by atoms with E-state index in [0.717, 1.165) is 15.6 Å². The molecule has 3 nitrogen and oxygen atoms in total. The highest BCUT2D eigenvalue weighted by atomic mass is 32.1. The number of carboxylic acids is 1. The molecule has 0 aliphatic heterocycles. The lowest BCUT2D eigenvalue weighted by molar-refractivity contribution is -0.138. The third-order valence-corrected chi connectivity index (χ3v) is 4.76. The molecular formula is C12H17NO2S. The van der Waals surface area contributed by atoms with Crippen molar-refractivity contribution in [2.24, 2.45) is 0 Å². The SMILES string of the molecule is CCC(C(=O)O)c1sc(C2CCC2)nc1C. The van der Waals surface area contributed by atoms with E-state index in [1.54, 1.807) is 11.3 Å². The summed E-state index contributed by atoms with van der Waals surface area (Å²) in [5, 5.41) is 10.3. The van der Waals surface area contributed by atoms with Gasteiger partial charge < -0.3 is 5.11 Å². The second-order valence-corrected chi connectivity index (χ2v) is 5.49. The highest BCUT2D eigenvalue weighted by Gasteiger charge is 2.28. The molecule has 0 saturated heterocycles. The van der Waals surface area contributed by atoms with Crippen molar-refractivity contribution >= 4 is 17.3 Å². The Labute approximate surface area is 99.5 Å². The van der Waals surface area contributed by atoms with Gasteiger partial charge in [-0.15, -0.1) is 11.3 Å². The molecule has 0 bridgehead atoms. The van der Waals surface area contributed by atoms with Crippen molar-refractivity contribution in [3.8, 4) is 0 Å². The maximum Gasteiger partial charge on any atom is 0.311 e. The molecule has 0 aromatic carbocycles. The topological polar surface area (TPSA) is 50.2 Å². The first-order chi connectivity index (χ1) is 7.63. The van der Waals surface area contributed by atoms with E-state index in [0.29, 0.717) is 12.3 Å². The average molecular weight is 239 g/mol. The largest absolute Gasteiger partial charge is 0.481 e. The Kier molecular flexibility index (Phi) is 3.28. The van der Waals surface area contributed by atoms with E-state index in [2.05, 4.69) is 4.98 Å². The van der Waals surface area contributed by atoms with Gasteiger partial charge in [-0.05, 0) is 26.2 Å². The molecule has 1 fully saturated rings. The van der Waals surface area contributed by atoms with E-state index in [4.69, 9.17) is 5.11 Å². The summed E-state index contributed by atoms with van der Waals surface area (Å²) in [6, 6.07) is 0. The van der Waals surface area contributed by atoms with Crippen LogP contribution in [0.3, 0.4) is 0 Å². The van der Waals surface area contributed by atoms with E-state index in [1.807, 2.05) is 13.8 Å². The molecule has 1 saturated carbocycles. The van der Waals surface area contributed by atoms with Crippen LogP contribution >= 0.6 is 11.3 Å². The second kappa shape index (κ2) is 4.53. The van der Waals surface area contributed by atoms with Crippen LogP contribution in [0.4, 0.5) is 0 Å². The Morgan fingerprint density at radius 2 is 2.31 bits per heavy atom. The Bertz CT molecular complexity index is 396. The number of aromatic nitrogens is 1. The van der Waals surface area contributed by atoms with Crippen molar-refractivity contribution in [1.82, 2.24) is 4.98 Å². The number of carbonyl (C=O) groups is 1. The van der Waals surface area contributed by atoms with E-state index in [1.165, 1.54) is 19.3 Å². The van der Waals surface area contributed by atoms with E-state index < -0.39 is 5.97 Å². The van der Waals surface area contributed by atoms with Crippen LogP contribution in [0, 0.1) is 6.92 Å². The molecular weight excluding hydrogens is 222 g/mol. The van der Waals surface area contributed by atoms with Crippen molar-refractivity contribution in [3.05, 3.63) is 15.6 Å². The van der Waals surface area contributed by atoms with Gasteiger partial charge in [0.15, 0.2) is 0 Å². The minimum absolute atomic E-state index is 0.369. The van der Waals surface area contributed by atoms with Gasteiger partial charge in [0, 0.05) is 10.8 Å². The molecule has 4 heteroatoms. The van der Waals surface area contributed by atoms with Gasteiger partial charge in [0.1, 0.15) is 0 Å². The fourth-order valence-electron chi connectivity index (χ4n) is 2.05. The van der Waals surface area contributed by atoms with Crippen LogP contribution in [0.15, 0.2) is 0 Å². The van der Waals surface area contributed by atoms with Gasteiger partial charge in [-0.2, -0.15) is 0 Å². The van der Waals surface area contributed by atoms with Gasteiger partial charge in [0.05, 0.1) is 16.6 Å². The first kappa shape index (κ1) is 11.6. The van der Waals surface area contributed by atoms with Crippen LogP contribution in [0.25, 0.3) is 0 Å². The van der Waals surface area contributed by atoms with Crippen LogP contribution < -0.4 is 0 Å². The molecule has 1 atom stereocenters. The predicted molar refractivity (Wildman–Crippen MR) is 64.1 cm³/mol. The summed E-state index contributed by atoms with van der Waals surface area (Å²) in [4.78, 5) is 16.6. The molecule has 1 N–H and O–H groups in total. The van der Waals surface area contributed by atoms with Gasteiger partial charge in [-0.1, -0.05) is 13.3 Å². The Morgan fingerprint density at radius 3 is 2.75 bits per heavy atom. The van der Waals surface area contributed by atoms with Crippen molar-refractivity contribution in [3.63, 3.8) is 0 Å². The number of rotatable bonds is 4. The third kappa shape index (κ3) is 1.98. The van der Waals surface area contributed by atoms with Gasteiger partial charge >= 0.3 is 5.97 Å². The fraction of sp³-hybridized carbons (Fsp3) is 0.667. The normalized spacial score (nSPS) is 18.1. The molecule has 0 amide bonds. The lowest BCUT2D eigenvalue weighted by atomic mass is 9.86. The lowest BCUT2D eigenvalue weighted by Gasteiger charge is -2.22. The Balaban J connectivity index is 2.25. The van der Waals surface area contributed by atoms with E-state index in [-0.39, 0.29) is 5.92 Å². The number of thiazole rings is 1. The molecule has 88 valence electrons. The first-order valence-electron chi connectivity index (χ1n) is 5.83. The molecule has 1 aliphatic carbocycles. The van der Waals surface area contributed by atoms with Crippen molar-refractivity contribution in [2.45, 2.75) is 51.4 Å². The standard InChI is InChI=1S/C12H17NO2S/c1-3-9(12(14)15)10-7(2)13-11(16-10)8-5-4-6-8/h8-9H,3-6H2,1-2H3,(H,14,15). The molecule has 16 heavy (non-hydrogen) atoms. The Morgan fingerprint density at radius 1 is 1.62 bits per heavy atom. The molecule has 1 aromatic heterocycles. The summed E-state index contributed by atoms with van der Waals surface area (Å²) < 4.78 is 0. The van der Waals surface area contributed by atoms with Crippen LogP contribution in [0.1, 0.15) is 60.0 Å². The second-order valence-electron chi connectivity index (χ2n) is 4.43. The van der Waals surface area contributed by atoms with Crippen LogP contribution in [0.2, 0.25) is 0 Å². The van der Waals surface area contributed by atoms with Crippen LogP contribution in [0.5, 0.6) is 0 Å². The minimum Gasteiger partial charge on any atom is -0.481 e. The molecule has 1 aliphatic rings. The molecule has 1 aromatic rings. The highest BCUT2D eigenvalue weighted by Crippen LogP contribution is 2.41. The lowest BCUT2D eigenvalue weighted by Crippen LogP contribution is -2.09. The summed E-state index contributed by atoms with van der Waals surface area (Å²) in [6.45, 7) is 3.85. The number of hydrogen-bond donors (Lipinski definition) is 1. The molecule has 0 spiro atoms. The molecule has 1 heterocycles. The van der Waals surface area contributed by atoms with Gasteiger partial charge in [-0.3, -0.25) is 4.79 Å². The smallest absolute Gasteiger partial charge is 0.311 e. The average Bonchev–Trinajstić information content (AvgIpc) is 2.45. The number of carboxylic acid groups (broad SMARTS) is 1. The summed E-state index contributed by atoms with van der Waals surface area (Å²) in [5.74, 6) is -0.496. The van der Waals surface area contributed by atoms with Crippen molar-refractivity contribution in [2.75, 3.05) is 0 Å². The summed E-state index contributed by atoms with van der Waals surface area (Å²) in [7, 11) is 0. The number of aryl methyl sites for hydroxylation is 1. The van der Waals surface area contributed by atoms with Gasteiger partial charge in [0.25, 0.3) is 0 Å². The maximum absolute atomic E-state index is 11.1. The van der Waals surface area contributed by atoms with E-state index in [9.17, 15) is 4.79 Å². The van der Waals surface area contributed by atoms with Crippen LogP contribution in [-0.4, -0.2) is 16.1 Å². The fourth-order valence-corrected chi connectivity index (χ4v) is 3.47. The molecule has 1 unspecified atom stereocenters. The van der Waals surface area contributed by atoms with Crippen molar-refractivity contribution in [1.29, 1.82) is 0 Å². The summed E-state index contributed by atoms with van der Waals surface area (Å²) >= 11 is 1.61. The number of nitrogens with zero attached hydrogens (tertiary/aromatic N) is 1. The zero-order valence-electron chi connectivity index (χ0n) is 9.69. The minimum atomic E-state index is -0.727. The number of hydrogen-bond acceptors (Lipinski definition) is 3.